The second-order valence-electron chi connectivity index (χ2n) is 42.1. The minimum Gasteiger partial charge on any atom is -0.416 e. The van der Waals surface area contributed by atoms with Crippen molar-refractivity contribution in [2.24, 2.45) is 0 Å². The summed E-state index contributed by atoms with van der Waals surface area (Å²) in [4.78, 5) is 0. The van der Waals surface area contributed by atoms with E-state index in [9.17, 15) is 0 Å². The molecule has 672 valence electrons. The van der Waals surface area contributed by atoms with Gasteiger partial charge in [-0.15, -0.1) is 0 Å². The predicted octanol–water partition coefficient (Wildman–Crippen LogP) is 20.1. The van der Waals surface area contributed by atoms with Crippen LogP contribution in [0.4, 0.5) is 0 Å². The van der Waals surface area contributed by atoms with Crippen LogP contribution >= 0.6 is 0 Å². The van der Waals surface area contributed by atoms with Crippen molar-refractivity contribution in [3.8, 4) is 0 Å². The van der Waals surface area contributed by atoms with Gasteiger partial charge in [-0.2, -0.15) is 0 Å². The van der Waals surface area contributed by atoms with Crippen LogP contribution in [-0.2, 0) is 115 Å². The van der Waals surface area contributed by atoms with E-state index < -0.39 is 240 Å². The summed E-state index contributed by atoms with van der Waals surface area (Å²) in [7, 11) is -81.9. The minimum absolute atomic E-state index is 2.05. The van der Waals surface area contributed by atoms with E-state index in [1.165, 1.54) is 0 Å². The molecule has 0 aromatic carbocycles. The molecule has 0 saturated carbocycles. The van der Waals surface area contributed by atoms with Crippen LogP contribution in [0.3, 0.4) is 0 Å². The third kappa shape index (κ3) is 49.9. The lowest BCUT2D eigenvalue weighted by atomic mass is 11.9. The molecule has 0 aliphatic carbocycles. The Kier molecular flexibility index (Phi) is 38.9. The Hall–Kier alpha value is 4.95. The van der Waals surface area contributed by atoms with Crippen LogP contribution in [0.5, 0.6) is 0 Å². The Bertz CT molecular complexity index is 1990. The molecular weight excluding hydrogens is 1910 g/mol. The van der Waals surface area contributed by atoms with Gasteiger partial charge in [-0.05, 0) is 367 Å². The first-order chi connectivity index (χ1) is 47.8. The molecule has 1 aliphatic rings. The van der Waals surface area contributed by atoms with Crippen molar-refractivity contribution in [1.82, 2.24) is 0 Å². The highest BCUT2D eigenvalue weighted by Gasteiger charge is 2.58. The fourth-order valence-electron chi connectivity index (χ4n) is 17.2. The zero-order valence-electron chi connectivity index (χ0n) is 81.4. The molecule has 0 atom stereocenters. The van der Waals surface area contributed by atoms with Crippen molar-refractivity contribution >= 4 is 240 Å². The van der Waals surface area contributed by atoms with Crippen molar-refractivity contribution in [2.75, 3.05) is 0 Å². The summed E-state index contributed by atoms with van der Waals surface area (Å²) >= 11 is 0. The average Bonchev–Trinajstić information content (AvgIpc) is 0.804. The second-order valence-corrected chi connectivity index (χ2v) is 143. The lowest BCUT2D eigenvalue weighted by Gasteiger charge is -2.45. The molecule has 1 heterocycles. The molecule has 1 aliphatic heterocycles. The molecule has 0 aromatic rings. The highest BCUT2D eigenvalue weighted by molar-refractivity contribution is 6.99. The minimum atomic E-state index is -2.92. The van der Waals surface area contributed by atoms with Gasteiger partial charge in [-0.1, -0.05) is 0 Å². The summed E-state index contributed by atoms with van der Waals surface area (Å²) in [5, 5.41) is 0. The molecule has 112 heavy (non-hydrogen) atoms. The second kappa shape index (κ2) is 37.9. The molecular formula is C56H168O28Si28. The lowest BCUT2D eigenvalue weighted by molar-refractivity contribution is 0.244. The highest BCUT2D eigenvalue weighted by Crippen LogP contribution is 2.38. The van der Waals surface area contributed by atoms with Gasteiger partial charge in [0.05, 0.1) is 0 Å². The molecule has 56 heteroatoms. The Labute approximate surface area is 715 Å². The molecule has 0 unspecified atom stereocenters. The quantitative estimate of drug-likeness (QED) is 0.204. The van der Waals surface area contributed by atoms with Crippen LogP contribution in [0.1, 0.15) is 0 Å². The largest absolute Gasteiger partial charge is 0.416 e. The van der Waals surface area contributed by atoms with E-state index in [0.717, 1.165) is 0 Å². The van der Waals surface area contributed by atoms with Crippen LogP contribution in [0.25, 0.3) is 0 Å². The number of hydrogen-bond donors (Lipinski definition) is 0. The summed E-state index contributed by atoms with van der Waals surface area (Å²) in [5.41, 5.74) is 0. The molecule has 0 aromatic heterocycles. The number of rotatable bonds is 0. The van der Waals surface area contributed by atoms with Crippen LogP contribution in [-0.4, -0.2) is 240 Å². The zero-order valence-corrected chi connectivity index (χ0v) is 109. The van der Waals surface area contributed by atoms with Gasteiger partial charge in [0.1, 0.15) is 0 Å². The molecule has 0 bridgehead atoms. The Morgan fingerprint density at radius 1 is 0.0536 bits per heavy atom. The summed E-state index contributed by atoms with van der Waals surface area (Å²) in [5.74, 6) is 0. The highest BCUT2D eigenvalue weighted by atomic mass is 28.6. The van der Waals surface area contributed by atoms with E-state index >= 15 is 0 Å². The summed E-state index contributed by atoms with van der Waals surface area (Å²) < 4.78 is 196. The molecule has 0 spiro atoms. The van der Waals surface area contributed by atoms with E-state index in [1.54, 1.807) is 0 Å². The van der Waals surface area contributed by atoms with Gasteiger partial charge in [0.25, 0.3) is 0 Å². The molecule has 0 amide bonds. The summed E-state index contributed by atoms with van der Waals surface area (Å²) in [6.07, 6.45) is 0. The van der Waals surface area contributed by atoms with E-state index in [-0.39, 0.29) is 0 Å². The SMILES string of the molecule is C[Si]1(C)O[Si](C)(C)O[Si](C)(C)O[Si](C)(C)O[Si](C)(C)O[Si](C)(C)O[Si](C)(C)O[Si](C)(C)O[Si](C)(C)O[Si](C)(C)O[Si](C)(C)O[Si](C)(C)O[Si](C)(C)O[Si](C)(C)O[Si](C)(C)O[Si](C)(C)O[Si](C)(C)O[Si](C)(C)O[Si](C)(C)O[Si](C)(C)O[Si](C)(C)O[Si](C)(C)O[Si](C)(C)O[Si](C)(C)O[Si](C)(C)O[Si](C)(C)O[Si](C)(C)O[Si](C)(C)O1. The van der Waals surface area contributed by atoms with E-state index in [4.69, 9.17) is 115 Å². The van der Waals surface area contributed by atoms with Crippen molar-refractivity contribution < 1.29 is 115 Å². The Morgan fingerprint density at radius 3 is 0.0893 bits per heavy atom. The smallest absolute Gasteiger partial charge is 0.314 e. The van der Waals surface area contributed by atoms with Gasteiger partial charge in [0.2, 0.25) is 0 Å². The van der Waals surface area contributed by atoms with Crippen molar-refractivity contribution in [2.45, 2.75) is 367 Å². The van der Waals surface area contributed by atoms with Gasteiger partial charge in [-0.3, -0.25) is 0 Å². The first-order valence-corrected chi connectivity index (χ1v) is 118. The molecule has 1 saturated heterocycles. The molecule has 1 fully saturated rings. The van der Waals surface area contributed by atoms with Crippen LogP contribution in [0, 0.1) is 0 Å². The molecule has 0 N–H and O–H groups in total. The Balaban J connectivity index is 3.80. The first-order valence-electron chi connectivity index (χ1n) is 39.4. The fraction of sp³-hybridized carbons (Fsp3) is 1.00. The van der Waals surface area contributed by atoms with Gasteiger partial charge < -0.3 is 115 Å². The van der Waals surface area contributed by atoms with Crippen LogP contribution in [0.2, 0.25) is 367 Å². The molecule has 1 rings (SSSR count). The first kappa shape index (κ1) is 115. The third-order valence-corrected chi connectivity index (χ3v) is 124. The van der Waals surface area contributed by atoms with Crippen molar-refractivity contribution in [3.63, 3.8) is 0 Å². The van der Waals surface area contributed by atoms with Crippen molar-refractivity contribution in [1.29, 1.82) is 0 Å². The average molecular weight is 2080 g/mol. The predicted molar refractivity (Wildman–Crippen MR) is 520 cm³/mol. The maximum absolute atomic E-state index is 7.01. The Morgan fingerprint density at radius 2 is 0.0714 bits per heavy atom. The van der Waals surface area contributed by atoms with Gasteiger partial charge in [0.15, 0.2) is 0 Å². The van der Waals surface area contributed by atoms with Gasteiger partial charge >= 0.3 is 240 Å². The summed E-state index contributed by atoms with van der Waals surface area (Å²) in [6.45, 7) is 115. The third-order valence-electron chi connectivity index (χ3n) is 13.8. The standard InChI is InChI=1S/C56H168O28Si28/c1-85(2)57-86(3,4)59-88(7,8)61-90(11,12)63-92(15,16)65-94(19,20)67-96(23,24)69-98(27,28)71-100(31,32)73-102(35,36)75-104(39,40)77-106(43,44)79-108(47,48)81-110(51,52)83-112(55,56)84-111(53,54)82-109(49,50)80-107(45,46)78-105(41,42)76-103(37,38)74-101(33,34)72-99(29,30)70-97(25,26)68-95(21,22)66-93(17,18)64-91(13,14)62-89(9,10)60-87(5,6)58-85/h1-56H3. The molecule has 28 nitrogen and oxygen atoms in total. The van der Waals surface area contributed by atoms with Crippen molar-refractivity contribution in [3.05, 3.63) is 0 Å². The fourth-order valence-corrected chi connectivity index (χ4v) is 165. The van der Waals surface area contributed by atoms with Crippen LogP contribution < -0.4 is 0 Å². The van der Waals surface area contributed by atoms with E-state index in [2.05, 4.69) is 367 Å². The number of hydrogen-bond acceptors (Lipinski definition) is 28. The van der Waals surface area contributed by atoms with Crippen LogP contribution in [0.15, 0.2) is 0 Å². The normalized spacial score (nSPS) is 31.5. The zero-order chi connectivity index (χ0) is 89.8. The summed E-state index contributed by atoms with van der Waals surface area (Å²) in [6, 6.07) is 0. The van der Waals surface area contributed by atoms with E-state index in [1.807, 2.05) is 0 Å². The lowest BCUT2D eigenvalue weighted by Crippen LogP contribution is -2.63. The van der Waals surface area contributed by atoms with Gasteiger partial charge in [-0.25, -0.2) is 0 Å². The molecule has 0 radical (unpaired) electrons. The maximum Gasteiger partial charge on any atom is 0.314 e. The van der Waals surface area contributed by atoms with E-state index in [0.29, 0.717) is 0 Å². The monoisotopic (exact) mass is 2070 g/mol. The topological polar surface area (TPSA) is 258 Å². The maximum atomic E-state index is 7.01. The van der Waals surface area contributed by atoms with Gasteiger partial charge in [0, 0.05) is 0 Å².